The molecule has 2 aromatic carbocycles. The minimum atomic E-state index is -2.02. The Morgan fingerprint density at radius 1 is 0.672 bits per heavy atom. The molecule has 0 radical (unpaired) electrons. The largest absolute Gasteiger partial charge is 0.517 e. The zero-order valence-electron chi connectivity index (χ0n) is 31.5. The zero-order valence-corrected chi connectivity index (χ0v) is 31.5. The van der Waals surface area contributed by atoms with Gasteiger partial charge in [0.25, 0.3) is 0 Å². The molecule has 0 unspecified atom stereocenters. The number of carbonyl (C=O) groups excluding carboxylic acids is 1. The van der Waals surface area contributed by atoms with Crippen LogP contribution in [0.1, 0.15) is 5.56 Å². The lowest BCUT2D eigenvalue weighted by atomic mass is 9.97. The van der Waals surface area contributed by atoms with Gasteiger partial charge in [-0.15, -0.1) is 0 Å². The Morgan fingerprint density at radius 2 is 1.34 bits per heavy atom. The van der Waals surface area contributed by atoms with Gasteiger partial charge < -0.3 is 104 Å². The second kappa shape index (κ2) is 18.0. The van der Waals surface area contributed by atoms with Gasteiger partial charge in [-0.05, 0) is 48.5 Å². The van der Waals surface area contributed by atoms with Crippen molar-refractivity contribution in [3.8, 4) is 51.4 Å². The summed E-state index contributed by atoms with van der Waals surface area (Å²) in [6, 6.07) is 11.8. The van der Waals surface area contributed by atoms with E-state index in [1.165, 1.54) is 36.4 Å². The van der Waals surface area contributed by atoms with Gasteiger partial charge in [-0.1, -0.05) is 0 Å². The van der Waals surface area contributed by atoms with Crippen molar-refractivity contribution in [2.24, 2.45) is 0 Å². The fraction of sp³-hybridized carbons (Fsp3) is 0.436. The number of esters is 1. The van der Waals surface area contributed by atoms with E-state index in [1.54, 1.807) is 0 Å². The second-order valence-corrected chi connectivity index (χ2v) is 14.5. The molecule has 0 spiro atoms. The Kier molecular flexibility index (Phi) is 13.0. The van der Waals surface area contributed by atoms with E-state index in [4.69, 9.17) is 37.6 Å². The molecule has 3 fully saturated rings. The summed E-state index contributed by atoms with van der Waals surface area (Å²) in [6.45, 7) is -1.87. The molecule has 22 nitrogen and oxygen atoms in total. The molecule has 0 amide bonds. The van der Waals surface area contributed by atoms with Gasteiger partial charge in [0.1, 0.15) is 83.9 Å². The highest BCUT2D eigenvalue weighted by Gasteiger charge is 2.52. The van der Waals surface area contributed by atoms with E-state index in [-0.39, 0.29) is 39.7 Å². The summed E-state index contributed by atoms with van der Waals surface area (Å²) in [5.74, 6) is -3.08. The third-order valence-corrected chi connectivity index (χ3v) is 10.3. The number of benzene rings is 3. The number of aromatic hydroxyl groups is 4. The van der Waals surface area contributed by atoms with Crippen LogP contribution < -0.4 is 10.2 Å². The van der Waals surface area contributed by atoms with E-state index >= 15 is 0 Å². The number of aliphatic hydroxyl groups excluding tert-OH is 8. The molecule has 13 N–H and O–H groups in total. The lowest BCUT2D eigenvalue weighted by Crippen LogP contribution is -2.64. The number of aliphatic hydroxyl groups is 8. The predicted octanol–water partition coefficient (Wildman–Crippen LogP) is -2.72. The van der Waals surface area contributed by atoms with Crippen molar-refractivity contribution in [1.82, 2.24) is 0 Å². The molecule has 7 rings (SSSR count). The summed E-state index contributed by atoms with van der Waals surface area (Å²) in [6.07, 6.45) is -25.0. The summed E-state index contributed by atoms with van der Waals surface area (Å²) < 4.78 is 46.0. The molecule has 5 aliphatic rings. The van der Waals surface area contributed by atoms with Gasteiger partial charge in [-0.25, -0.2) is 0 Å². The first-order valence-corrected chi connectivity index (χ1v) is 18.6. The molecule has 4 aliphatic heterocycles. The highest BCUT2D eigenvalue weighted by atomic mass is 16.8. The van der Waals surface area contributed by atoms with E-state index in [2.05, 4.69) is 0 Å². The minimum absolute atomic E-state index is 0.0385. The standard InChI is InChI=1S/C39H42O22/c40-16-4-1-14(2-5-16)36(53)54-12-25-28(47)30(49)33(52)37(59-25)56-13-26-29(48)31(50)35(61-38-32(51)27(46)22(45)11-55-38)39(60-26)58-24-10-18-20(43)8-17(41)9-23(18)57-34(24)15-3-6-19(42)21(44)7-15/h1-10,22,25-33,35,37-40,42-52H,11-13H2/p+1/t22-,25-,26-,27+,28-,29+,30+,31+,32-,33-,35-,37-,38+,39-/m1/s1. The first-order valence-electron chi connectivity index (χ1n) is 18.6. The van der Waals surface area contributed by atoms with E-state index < -0.39 is 134 Å². The molecule has 4 heterocycles. The highest BCUT2D eigenvalue weighted by molar-refractivity contribution is 5.90. The van der Waals surface area contributed by atoms with Gasteiger partial charge in [-0.2, -0.15) is 0 Å². The molecule has 61 heavy (non-hydrogen) atoms. The molecule has 22 heteroatoms. The van der Waals surface area contributed by atoms with Crippen LogP contribution in [0.2, 0.25) is 0 Å². The predicted molar refractivity (Wildman–Crippen MR) is 199 cm³/mol. The van der Waals surface area contributed by atoms with Crippen molar-refractivity contribution >= 4 is 5.97 Å². The number of hydrogen-bond donors (Lipinski definition) is 12. The molecule has 0 saturated carbocycles. The topological polar surface area (TPSA) is 359 Å². The maximum atomic E-state index is 12.3. The zero-order chi connectivity index (χ0) is 43.9. The Bertz CT molecular complexity index is 2180. The van der Waals surface area contributed by atoms with Crippen LogP contribution in [-0.4, -0.2) is 178 Å². The average molecular weight is 864 g/mol. The summed E-state index contributed by atoms with van der Waals surface area (Å²) in [5.41, 5.74) is -0.524. The second-order valence-electron chi connectivity index (χ2n) is 14.5. The quantitative estimate of drug-likeness (QED) is 0.0414. The van der Waals surface area contributed by atoms with E-state index in [0.29, 0.717) is 0 Å². The molecule has 14 atom stereocenters. The lowest BCUT2D eigenvalue weighted by molar-refractivity contribution is -0.353. The van der Waals surface area contributed by atoms with E-state index in [1.807, 2.05) is 0 Å². The average Bonchev–Trinajstić information content (AvgIpc) is 3.23. The summed E-state index contributed by atoms with van der Waals surface area (Å²) in [7, 11) is 0. The molecule has 1 aliphatic carbocycles. The van der Waals surface area contributed by atoms with Crippen LogP contribution in [0.3, 0.4) is 0 Å². The smallest absolute Gasteiger partial charge is 0.508 e. The Labute approximate surface area is 343 Å². The van der Waals surface area contributed by atoms with Gasteiger partial charge in [0.05, 0.1) is 18.8 Å². The van der Waals surface area contributed by atoms with Crippen LogP contribution in [-0.2, 0) is 28.4 Å². The molecular weight excluding hydrogens is 820 g/mol. The van der Waals surface area contributed by atoms with Gasteiger partial charge in [-0.3, -0.25) is 4.79 Å². The molecule has 0 aromatic heterocycles. The van der Waals surface area contributed by atoms with Crippen molar-refractivity contribution in [3.63, 3.8) is 0 Å². The Hall–Kier alpha value is -5.18. The number of phenolic OH excluding ortho intramolecular Hbond substituents is 4. The third-order valence-electron chi connectivity index (χ3n) is 10.3. The SMILES string of the molecule is O=c1cc2oc(-c3ccc(O)c(O)c3)c(O[C@@H]3O[C@H](CO[C@@H]4O[C@H](COC(=[OH+])c5ccc(O)cc5)[C@@H](O)[C@H](O)[C@H]4O)[C@H](O)[C@H](O)[C@H]3O[C@@H]3OC[C@@H](O)[C@H](O)[C@H]3O)cc-2c(O)c1. The van der Waals surface area contributed by atoms with Crippen molar-refractivity contribution in [1.29, 1.82) is 0 Å². The minimum Gasteiger partial charge on any atom is -0.508 e. The van der Waals surface area contributed by atoms with Gasteiger partial charge in [0, 0.05) is 17.7 Å². The lowest BCUT2D eigenvalue weighted by Gasteiger charge is -2.45. The monoisotopic (exact) mass is 863 g/mol. The molecular formula is C39H43O22+. The molecule has 3 saturated heterocycles. The normalized spacial score (nSPS) is 33.0. The van der Waals surface area contributed by atoms with Crippen LogP contribution in [0.5, 0.6) is 28.7 Å². The third kappa shape index (κ3) is 9.22. The van der Waals surface area contributed by atoms with Crippen LogP contribution in [0, 0.1) is 0 Å². The van der Waals surface area contributed by atoms with Crippen molar-refractivity contribution in [2.45, 2.75) is 86.0 Å². The number of rotatable bonds is 11. The van der Waals surface area contributed by atoms with Crippen molar-refractivity contribution in [3.05, 3.63) is 76.5 Å². The Balaban J connectivity index is 1.16. The summed E-state index contributed by atoms with van der Waals surface area (Å²) in [5, 5.41) is 126. The number of ether oxygens (including phenoxy) is 7. The van der Waals surface area contributed by atoms with E-state index in [9.17, 15) is 70.9 Å². The van der Waals surface area contributed by atoms with Crippen LogP contribution in [0.4, 0.5) is 0 Å². The molecule has 330 valence electrons. The fourth-order valence-electron chi connectivity index (χ4n) is 6.82. The molecule has 0 bridgehead atoms. The van der Waals surface area contributed by atoms with E-state index in [0.717, 1.165) is 24.3 Å². The first kappa shape index (κ1) is 43.9. The summed E-state index contributed by atoms with van der Waals surface area (Å²) in [4.78, 5) is 22.6. The Morgan fingerprint density at radius 3 is 2.07 bits per heavy atom. The molecule has 2 aromatic rings. The fourth-order valence-corrected chi connectivity index (χ4v) is 6.82. The van der Waals surface area contributed by atoms with Crippen LogP contribution in [0.15, 0.2) is 69.9 Å². The number of fused-ring (bicyclic) bond motifs is 1. The first-order chi connectivity index (χ1) is 29.0. The summed E-state index contributed by atoms with van der Waals surface area (Å²) >= 11 is 0. The van der Waals surface area contributed by atoms with Gasteiger partial charge in [0.15, 0.2) is 47.1 Å². The van der Waals surface area contributed by atoms with Crippen LogP contribution in [0.25, 0.3) is 22.6 Å². The van der Waals surface area contributed by atoms with Crippen molar-refractivity contribution in [2.75, 3.05) is 19.8 Å². The van der Waals surface area contributed by atoms with Crippen molar-refractivity contribution < 1.29 is 104 Å². The highest BCUT2D eigenvalue weighted by Crippen LogP contribution is 2.43. The number of hydrogen-bond acceptors (Lipinski definition) is 21. The van der Waals surface area contributed by atoms with Gasteiger partial charge in [0.2, 0.25) is 12.9 Å². The van der Waals surface area contributed by atoms with Gasteiger partial charge >= 0.3 is 5.97 Å². The number of phenols is 4. The maximum absolute atomic E-state index is 12.3. The van der Waals surface area contributed by atoms with Crippen LogP contribution >= 0.6 is 0 Å². The maximum Gasteiger partial charge on any atom is 0.517 e.